The van der Waals surface area contributed by atoms with Gasteiger partial charge in [-0.25, -0.2) is 4.79 Å². The summed E-state index contributed by atoms with van der Waals surface area (Å²) >= 11 is 0. The third kappa shape index (κ3) is 4.20. The van der Waals surface area contributed by atoms with Gasteiger partial charge < -0.3 is 10.1 Å². The number of esters is 1. The molecule has 2 rings (SSSR count). The zero-order valence-electron chi connectivity index (χ0n) is 13.8. The molecule has 0 aromatic heterocycles. The lowest BCUT2D eigenvalue weighted by atomic mass is 10.1. The van der Waals surface area contributed by atoms with Crippen molar-refractivity contribution in [3.05, 3.63) is 64.7 Å². The number of rotatable bonds is 4. The Balaban J connectivity index is 1.98. The van der Waals surface area contributed by atoms with Crippen LogP contribution in [0.1, 0.15) is 34.0 Å². The highest BCUT2D eigenvalue weighted by Crippen LogP contribution is 2.13. The number of aryl methyl sites for hydroxylation is 2. The van der Waals surface area contributed by atoms with E-state index in [9.17, 15) is 9.59 Å². The highest BCUT2D eigenvalue weighted by atomic mass is 16.5. The van der Waals surface area contributed by atoms with Gasteiger partial charge in [0.2, 0.25) is 0 Å². The molecule has 24 heavy (non-hydrogen) atoms. The summed E-state index contributed by atoms with van der Waals surface area (Å²) in [5.41, 5.74) is 3.52. The average Bonchev–Trinajstić information content (AvgIpc) is 2.57. The molecule has 0 heterocycles. The van der Waals surface area contributed by atoms with Gasteiger partial charge in [0.25, 0.3) is 5.91 Å². The van der Waals surface area contributed by atoms with Gasteiger partial charge in [0.15, 0.2) is 6.10 Å². The van der Waals surface area contributed by atoms with E-state index in [-0.39, 0.29) is 0 Å². The van der Waals surface area contributed by atoms with E-state index in [0.29, 0.717) is 16.8 Å². The predicted molar refractivity (Wildman–Crippen MR) is 90.6 cm³/mol. The van der Waals surface area contributed by atoms with Gasteiger partial charge in [-0.05, 0) is 68.3 Å². The van der Waals surface area contributed by atoms with Crippen LogP contribution in [0.25, 0.3) is 0 Å². The second kappa shape index (κ2) is 7.42. The maximum atomic E-state index is 12.1. The van der Waals surface area contributed by atoms with Crippen LogP contribution in [0.5, 0.6) is 0 Å². The Morgan fingerprint density at radius 2 is 1.75 bits per heavy atom. The summed E-state index contributed by atoms with van der Waals surface area (Å²) in [6, 6.07) is 13.7. The van der Waals surface area contributed by atoms with Crippen LogP contribution in [0.3, 0.4) is 0 Å². The molecule has 1 atom stereocenters. The highest BCUT2D eigenvalue weighted by Gasteiger charge is 2.19. The number of nitriles is 1. The molecule has 0 saturated heterocycles. The van der Waals surface area contributed by atoms with Gasteiger partial charge in [-0.3, -0.25) is 4.79 Å². The van der Waals surface area contributed by atoms with Crippen LogP contribution >= 0.6 is 0 Å². The summed E-state index contributed by atoms with van der Waals surface area (Å²) in [6.45, 7) is 5.38. The third-order valence-electron chi connectivity index (χ3n) is 3.68. The fourth-order valence-electron chi connectivity index (χ4n) is 2.02. The Hall–Kier alpha value is -3.13. The lowest BCUT2D eigenvalue weighted by molar-refractivity contribution is -0.123. The maximum Gasteiger partial charge on any atom is 0.338 e. The third-order valence-corrected chi connectivity index (χ3v) is 3.68. The van der Waals surface area contributed by atoms with Crippen molar-refractivity contribution in [2.75, 3.05) is 5.32 Å². The molecule has 0 spiro atoms. The molecule has 1 amide bonds. The van der Waals surface area contributed by atoms with E-state index in [1.54, 1.807) is 36.4 Å². The number of anilines is 1. The summed E-state index contributed by atoms with van der Waals surface area (Å²) in [5.74, 6) is -0.975. The van der Waals surface area contributed by atoms with E-state index >= 15 is 0 Å². The Kier molecular flexibility index (Phi) is 5.33. The predicted octanol–water partition coefficient (Wildman–Crippen LogP) is 3.36. The van der Waals surface area contributed by atoms with Crippen LogP contribution in [0.4, 0.5) is 5.69 Å². The van der Waals surface area contributed by atoms with E-state index in [1.165, 1.54) is 6.92 Å². The van der Waals surface area contributed by atoms with E-state index in [4.69, 9.17) is 10.00 Å². The Morgan fingerprint density at radius 3 is 2.33 bits per heavy atom. The zero-order chi connectivity index (χ0) is 17.7. The summed E-state index contributed by atoms with van der Waals surface area (Å²) in [6.07, 6.45) is -0.935. The molecule has 0 aliphatic rings. The molecule has 0 radical (unpaired) electrons. The molecular weight excluding hydrogens is 304 g/mol. The van der Waals surface area contributed by atoms with E-state index in [2.05, 4.69) is 5.32 Å². The molecule has 5 nitrogen and oxygen atoms in total. The second-order valence-corrected chi connectivity index (χ2v) is 5.52. The lowest BCUT2D eigenvalue weighted by Crippen LogP contribution is -2.30. The number of nitrogens with zero attached hydrogens (tertiary/aromatic N) is 1. The molecule has 0 aliphatic heterocycles. The first-order valence-electron chi connectivity index (χ1n) is 7.50. The molecule has 0 saturated carbocycles. The summed E-state index contributed by atoms with van der Waals surface area (Å²) in [7, 11) is 0. The Morgan fingerprint density at radius 1 is 1.08 bits per heavy atom. The lowest BCUT2D eigenvalue weighted by Gasteiger charge is -2.14. The molecule has 122 valence electrons. The fraction of sp³-hybridized carbons (Fsp3) is 0.211. The van der Waals surface area contributed by atoms with Gasteiger partial charge in [0.05, 0.1) is 17.2 Å². The topological polar surface area (TPSA) is 79.2 Å². The molecule has 0 aliphatic carbocycles. The molecule has 1 N–H and O–H groups in total. The van der Waals surface area contributed by atoms with Gasteiger partial charge in [0, 0.05) is 5.69 Å². The molecular formula is C19H18N2O3. The normalized spacial score (nSPS) is 11.2. The van der Waals surface area contributed by atoms with Crippen LogP contribution in [-0.2, 0) is 9.53 Å². The van der Waals surface area contributed by atoms with Gasteiger partial charge in [0.1, 0.15) is 0 Å². The molecule has 0 unspecified atom stereocenters. The van der Waals surface area contributed by atoms with Gasteiger partial charge in [-0.2, -0.15) is 5.26 Å². The number of amides is 1. The zero-order valence-corrected chi connectivity index (χ0v) is 13.8. The smallest absolute Gasteiger partial charge is 0.338 e. The minimum atomic E-state index is -0.935. The fourth-order valence-corrected chi connectivity index (χ4v) is 2.02. The second-order valence-electron chi connectivity index (χ2n) is 5.52. The summed E-state index contributed by atoms with van der Waals surface area (Å²) < 4.78 is 5.21. The molecule has 0 bridgehead atoms. The van der Waals surface area contributed by atoms with Crippen molar-refractivity contribution in [1.29, 1.82) is 5.26 Å². The monoisotopic (exact) mass is 322 g/mol. The van der Waals surface area contributed by atoms with Crippen molar-refractivity contribution in [2.45, 2.75) is 26.9 Å². The van der Waals surface area contributed by atoms with Crippen LogP contribution in [0, 0.1) is 25.2 Å². The number of nitrogens with one attached hydrogen (secondary N) is 1. The van der Waals surface area contributed by atoms with Gasteiger partial charge in [-0.1, -0.05) is 6.07 Å². The van der Waals surface area contributed by atoms with E-state index in [1.807, 2.05) is 26.0 Å². The largest absolute Gasteiger partial charge is 0.449 e. The van der Waals surface area contributed by atoms with E-state index < -0.39 is 18.0 Å². The summed E-state index contributed by atoms with van der Waals surface area (Å²) in [5, 5.41) is 11.4. The number of hydrogen-bond acceptors (Lipinski definition) is 4. The first kappa shape index (κ1) is 17.2. The number of benzene rings is 2. The van der Waals surface area contributed by atoms with Crippen molar-refractivity contribution in [2.24, 2.45) is 0 Å². The van der Waals surface area contributed by atoms with Crippen LogP contribution in [0.15, 0.2) is 42.5 Å². The standard InChI is InChI=1S/C19H18N2O3/c1-12-4-7-16(10-13(12)2)19(23)24-14(3)18(22)21-17-8-5-15(11-20)6-9-17/h4-10,14H,1-3H3,(H,21,22)/t14-/m1/s1. The number of carbonyl (C=O) groups excluding carboxylic acids is 2. The number of carbonyl (C=O) groups is 2. The van der Waals surface area contributed by atoms with Crippen LogP contribution in [-0.4, -0.2) is 18.0 Å². The molecule has 5 heteroatoms. The minimum absolute atomic E-state index is 0.413. The minimum Gasteiger partial charge on any atom is -0.449 e. The van der Waals surface area contributed by atoms with Crippen molar-refractivity contribution >= 4 is 17.6 Å². The summed E-state index contributed by atoms with van der Waals surface area (Å²) in [4.78, 5) is 24.2. The van der Waals surface area contributed by atoms with Crippen molar-refractivity contribution < 1.29 is 14.3 Å². The Labute approximate surface area is 140 Å². The maximum absolute atomic E-state index is 12.1. The van der Waals surface area contributed by atoms with Crippen LogP contribution < -0.4 is 5.32 Å². The van der Waals surface area contributed by atoms with Crippen molar-refractivity contribution in [1.82, 2.24) is 0 Å². The van der Waals surface area contributed by atoms with Gasteiger partial charge in [-0.15, -0.1) is 0 Å². The van der Waals surface area contributed by atoms with E-state index in [0.717, 1.165) is 11.1 Å². The first-order chi connectivity index (χ1) is 11.4. The Bertz CT molecular complexity index is 804. The van der Waals surface area contributed by atoms with Crippen molar-refractivity contribution in [3.8, 4) is 6.07 Å². The van der Waals surface area contributed by atoms with Crippen LogP contribution in [0.2, 0.25) is 0 Å². The average molecular weight is 322 g/mol. The molecule has 0 fully saturated rings. The SMILES string of the molecule is Cc1ccc(C(=O)O[C@H](C)C(=O)Nc2ccc(C#N)cc2)cc1C. The number of ether oxygens (including phenoxy) is 1. The quantitative estimate of drug-likeness (QED) is 0.875. The first-order valence-corrected chi connectivity index (χ1v) is 7.50. The van der Waals surface area contributed by atoms with Gasteiger partial charge >= 0.3 is 5.97 Å². The molecule has 2 aromatic carbocycles. The number of hydrogen-bond donors (Lipinski definition) is 1. The molecule has 2 aromatic rings. The highest BCUT2D eigenvalue weighted by molar-refractivity contribution is 5.97. The van der Waals surface area contributed by atoms with Crippen molar-refractivity contribution in [3.63, 3.8) is 0 Å².